The summed E-state index contributed by atoms with van der Waals surface area (Å²) in [6.45, 7) is 19.1. The first kappa shape index (κ1) is 19.6. The zero-order valence-electron chi connectivity index (χ0n) is 16.7. The van der Waals surface area contributed by atoms with E-state index in [9.17, 15) is 0 Å². The van der Waals surface area contributed by atoms with Gasteiger partial charge in [0, 0.05) is 19.0 Å². The van der Waals surface area contributed by atoms with Crippen LogP contribution in [0.2, 0.25) is 18.1 Å². The summed E-state index contributed by atoms with van der Waals surface area (Å²) < 4.78 is 6.53. The molecule has 2 atom stereocenters. The van der Waals surface area contributed by atoms with E-state index in [1.165, 1.54) is 5.56 Å². The summed E-state index contributed by atoms with van der Waals surface area (Å²) in [4.78, 5) is 6.28. The van der Waals surface area contributed by atoms with Crippen molar-refractivity contribution in [1.29, 1.82) is 0 Å². The minimum absolute atomic E-state index is 0.126. The van der Waals surface area contributed by atoms with E-state index in [1.54, 1.807) is 0 Å². The monoisotopic (exact) mass is 349 g/mol. The van der Waals surface area contributed by atoms with Gasteiger partial charge in [-0.2, -0.15) is 5.06 Å². The maximum Gasteiger partial charge on any atom is 0.195 e. The van der Waals surface area contributed by atoms with E-state index in [-0.39, 0.29) is 16.7 Å². The molecule has 0 spiro atoms. The highest BCUT2D eigenvalue weighted by atomic mass is 28.4. The summed E-state index contributed by atoms with van der Waals surface area (Å²) in [6, 6.07) is 10.9. The third-order valence-electron chi connectivity index (χ3n) is 5.43. The van der Waals surface area contributed by atoms with Crippen LogP contribution in [0.25, 0.3) is 0 Å². The minimum Gasteiger partial charge on any atom is -0.391 e. The molecule has 136 valence electrons. The number of hydrogen-bond donors (Lipinski definition) is 0. The predicted molar refractivity (Wildman–Crippen MR) is 103 cm³/mol. The Kier molecular flexibility index (Phi) is 5.65. The summed E-state index contributed by atoms with van der Waals surface area (Å²) in [5, 5.41) is 2.34. The van der Waals surface area contributed by atoms with Gasteiger partial charge in [0.15, 0.2) is 14.6 Å². The number of nitrogens with zero attached hydrogens (tertiary/aromatic N) is 1. The molecule has 1 aliphatic rings. The first-order valence-electron chi connectivity index (χ1n) is 9.05. The third kappa shape index (κ3) is 4.69. The summed E-state index contributed by atoms with van der Waals surface area (Å²) in [5.41, 5.74) is 1.43. The van der Waals surface area contributed by atoms with Crippen LogP contribution >= 0.6 is 0 Å². The Balaban J connectivity index is 2.13. The molecule has 0 unspecified atom stereocenters. The van der Waals surface area contributed by atoms with Crippen LogP contribution < -0.4 is 0 Å². The lowest BCUT2D eigenvalue weighted by atomic mass is 9.85. The molecular formula is C20H35NO2Si. The number of hydrogen-bond acceptors (Lipinski definition) is 3. The quantitative estimate of drug-likeness (QED) is 0.662. The maximum absolute atomic E-state index is 6.53. The van der Waals surface area contributed by atoms with Crippen molar-refractivity contribution < 1.29 is 9.26 Å². The van der Waals surface area contributed by atoms with Gasteiger partial charge in [-0.05, 0) is 29.1 Å². The normalized spacial score (nSPS) is 23.7. The van der Waals surface area contributed by atoms with Crippen LogP contribution in [0.15, 0.2) is 30.3 Å². The second-order valence-electron chi connectivity index (χ2n) is 9.59. The van der Waals surface area contributed by atoms with Crippen molar-refractivity contribution in [3.05, 3.63) is 35.9 Å². The van der Waals surface area contributed by atoms with E-state index in [2.05, 4.69) is 90.0 Å². The average molecular weight is 350 g/mol. The molecule has 0 N–H and O–H groups in total. The van der Waals surface area contributed by atoms with Gasteiger partial charge >= 0.3 is 0 Å². The molecule has 0 aliphatic carbocycles. The molecule has 1 heterocycles. The molecule has 24 heavy (non-hydrogen) atoms. The molecule has 0 radical (unpaired) electrons. The van der Waals surface area contributed by atoms with Crippen LogP contribution in [0.5, 0.6) is 0 Å². The van der Waals surface area contributed by atoms with Crippen molar-refractivity contribution in [1.82, 2.24) is 5.06 Å². The molecule has 1 aromatic rings. The number of rotatable bonds is 4. The highest BCUT2D eigenvalue weighted by molar-refractivity contribution is 6.74. The van der Waals surface area contributed by atoms with E-state index in [4.69, 9.17) is 9.26 Å². The molecule has 2 rings (SSSR count). The molecule has 3 nitrogen and oxygen atoms in total. The molecule has 0 saturated carbocycles. The molecular weight excluding hydrogens is 314 g/mol. The van der Waals surface area contributed by atoms with E-state index < -0.39 is 8.32 Å². The fourth-order valence-electron chi connectivity index (χ4n) is 2.84. The van der Waals surface area contributed by atoms with Crippen molar-refractivity contribution in [3.8, 4) is 0 Å². The second-order valence-corrected chi connectivity index (χ2v) is 14.3. The highest BCUT2D eigenvalue weighted by Crippen LogP contribution is 2.41. The van der Waals surface area contributed by atoms with Gasteiger partial charge in [-0.25, -0.2) is 0 Å². The Morgan fingerprint density at radius 1 is 1.08 bits per heavy atom. The van der Waals surface area contributed by atoms with Crippen molar-refractivity contribution >= 4 is 8.32 Å². The fourth-order valence-corrected chi connectivity index (χ4v) is 3.99. The SMILES string of the molecule is CC(C)(C)[C@H]1C[C@@H](O[Si](C)(C)C(C)(C)C)ON1Cc1ccccc1. The summed E-state index contributed by atoms with van der Waals surface area (Å²) in [7, 11) is -1.83. The van der Waals surface area contributed by atoms with E-state index in [1.807, 2.05) is 0 Å². The van der Waals surface area contributed by atoms with Crippen LogP contribution in [0.4, 0.5) is 0 Å². The van der Waals surface area contributed by atoms with Gasteiger partial charge in [-0.3, -0.25) is 4.84 Å². The van der Waals surface area contributed by atoms with Crippen molar-refractivity contribution in [2.45, 2.75) is 85.0 Å². The van der Waals surface area contributed by atoms with Crippen molar-refractivity contribution in [3.63, 3.8) is 0 Å². The first-order chi connectivity index (χ1) is 10.9. The largest absolute Gasteiger partial charge is 0.391 e. The smallest absolute Gasteiger partial charge is 0.195 e. The van der Waals surface area contributed by atoms with Crippen molar-refractivity contribution in [2.24, 2.45) is 5.41 Å². The first-order valence-corrected chi connectivity index (χ1v) is 12.0. The van der Waals surface area contributed by atoms with Gasteiger partial charge in [0.2, 0.25) is 0 Å². The summed E-state index contributed by atoms with van der Waals surface area (Å²) in [5.74, 6) is 0. The van der Waals surface area contributed by atoms with E-state index >= 15 is 0 Å². The second kappa shape index (κ2) is 6.91. The number of benzene rings is 1. The Bertz CT molecular complexity index is 531. The minimum atomic E-state index is -1.83. The van der Waals surface area contributed by atoms with Crippen molar-refractivity contribution in [2.75, 3.05) is 0 Å². The zero-order valence-corrected chi connectivity index (χ0v) is 17.7. The van der Waals surface area contributed by atoms with Gasteiger partial charge < -0.3 is 4.43 Å². The molecule has 1 aromatic carbocycles. The van der Waals surface area contributed by atoms with Gasteiger partial charge in [-0.15, -0.1) is 0 Å². The zero-order chi connectivity index (χ0) is 18.2. The molecule has 4 heteroatoms. The standard InChI is InChI=1S/C20H35NO2Si/c1-19(2,3)17-14-18(23-24(7,8)20(4,5)6)22-21(17)15-16-12-10-9-11-13-16/h9-13,17-18H,14-15H2,1-8H3/t17-,18-/m1/s1. The van der Waals surface area contributed by atoms with Gasteiger partial charge in [-0.1, -0.05) is 71.9 Å². The Labute approximate surface area is 149 Å². The van der Waals surface area contributed by atoms with Crippen LogP contribution in [-0.4, -0.2) is 25.7 Å². The van der Waals surface area contributed by atoms with Crippen LogP contribution in [0.3, 0.4) is 0 Å². The molecule has 0 bridgehead atoms. The van der Waals surface area contributed by atoms with Crippen LogP contribution in [0, 0.1) is 5.41 Å². The van der Waals surface area contributed by atoms with Crippen LogP contribution in [0.1, 0.15) is 53.5 Å². The highest BCUT2D eigenvalue weighted by Gasteiger charge is 2.46. The van der Waals surface area contributed by atoms with Crippen LogP contribution in [-0.2, 0) is 15.8 Å². The molecule has 1 fully saturated rings. The Hall–Kier alpha value is -0.683. The Morgan fingerprint density at radius 3 is 2.17 bits per heavy atom. The fraction of sp³-hybridized carbons (Fsp3) is 0.700. The molecule has 1 aliphatic heterocycles. The third-order valence-corrected chi connectivity index (χ3v) is 9.89. The Morgan fingerprint density at radius 2 is 1.67 bits per heavy atom. The lowest BCUT2D eigenvalue weighted by molar-refractivity contribution is -0.228. The summed E-state index contributed by atoms with van der Waals surface area (Å²) >= 11 is 0. The molecule has 1 saturated heterocycles. The van der Waals surface area contributed by atoms with Gasteiger partial charge in [0.25, 0.3) is 0 Å². The molecule has 0 aromatic heterocycles. The lowest BCUT2D eigenvalue weighted by Gasteiger charge is -2.37. The van der Waals surface area contributed by atoms with Gasteiger partial charge in [0.05, 0.1) is 0 Å². The predicted octanol–water partition coefficient (Wildman–Crippen LogP) is 5.59. The maximum atomic E-state index is 6.53. The van der Waals surface area contributed by atoms with E-state index in [0.29, 0.717) is 6.04 Å². The molecule has 0 amide bonds. The average Bonchev–Trinajstić information content (AvgIpc) is 2.80. The van der Waals surface area contributed by atoms with E-state index in [0.717, 1.165) is 13.0 Å². The lowest BCUT2D eigenvalue weighted by Crippen LogP contribution is -2.44. The topological polar surface area (TPSA) is 21.7 Å². The number of hydroxylamine groups is 2. The van der Waals surface area contributed by atoms with Gasteiger partial charge in [0.1, 0.15) is 0 Å². The summed E-state index contributed by atoms with van der Waals surface area (Å²) in [6.07, 6.45) is 0.807.